The minimum atomic E-state index is -4.28. The van der Waals surface area contributed by atoms with Crippen molar-refractivity contribution in [2.75, 3.05) is 13.2 Å². The summed E-state index contributed by atoms with van der Waals surface area (Å²) in [6.07, 6.45) is -1.10. The van der Waals surface area contributed by atoms with Gasteiger partial charge in [-0.1, -0.05) is 48.0 Å². The molecule has 0 saturated carbocycles. The third-order valence-corrected chi connectivity index (χ3v) is 8.37. The van der Waals surface area contributed by atoms with Gasteiger partial charge >= 0.3 is 18.0 Å². The molecule has 0 aliphatic carbocycles. The van der Waals surface area contributed by atoms with Crippen LogP contribution in [0.4, 0.5) is 4.79 Å². The standard InChI is InChI=1S/C28H36N2O8S/c1-6-37-23(31)16-21-22(24(19-10-8-7-9-11-19)29-27(34)38-28(3,4)5)17-30(25(21)26(32)33)39(35,36)20-14-12-18(2)13-15-20/h7-15,21-22,24-25H,6,16-17H2,1-5H3,(H,29,34)(H,32,33)/t21-,22+,24+,25+/m1/s1. The van der Waals surface area contributed by atoms with Crippen molar-refractivity contribution in [2.45, 2.75) is 63.6 Å². The van der Waals surface area contributed by atoms with Gasteiger partial charge in [0.05, 0.1) is 24.0 Å². The first-order chi connectivity index (χ1) is 18.2. The summed E-state index contributed by atoms with van der Waals surface area (Å²) in [5.41, 5.74) is 0.644. The Labute approximate surface area is 229 Å². The first kappa shape index (κ1) is 30.1. The number of hydrogen-bond donors (Lipinski definition) is 2. The van der Waals surface area contributed by atoms with E-state index in [-0.39, 0.29) is 24.5 Å². The number of carbonyl (C=O) groups excluding carboxylic acids is 2. The number of nitrogens with one attached hydrogen (secondary N) is 1. The van der Waals surface area contributed by atoms with E-state index >= 15 is 0 Å². The molecule has 4 atom stereocenters. The van der Waals surface area contributed by atoms with Gasteiger partial charge in [-0.2, -0.15) is 4.31 Å². The molecule has 0 spiro atoms. The van der Waals surface area contributed by atoms with Crippen LogP contribution in [-0.4, -0.2) is 60.7 Å². The van der Waals surface area contributed by atoms with Crippen LogP contribution in [0.15, 0.2) is 59.5 Å². The van der Waals surface area contributed by atoms with Crippen molar-refractivity contribution in [3.63, 3.8) is 0 Å². The zero-order valence-electron chi connectivity index (χ0n) is 22.8. The number of aliphatic carboxylic acids is 1. The van der Waals surface area contributed by atoms with Crippen molar-refractivity contribution < 1.29 is 37.4 Å². The minimum Gasteiger partial charge on any atom is -0.480 e. The van der Waals surface area contributed by atoms with Gasteiger partial charge in [0.25, 0.3) is 0 Å². The third-order valence-electron chi connectivity index (χ3n) is 6.50. The summed E-state index contributed by atoms with van der Waals surface area (Å²) >= 11 is 0. The normalized spacial score (nSPS) is 20.7. The summed E-state index contributed by atoms with van der Waals surface area (Å²) in [7, 11) is -4.28. The van der Waals surface area contributed by atoms with E-state index in [0.717, 1.165) is 9.87 Å². The predicted molar refractivity (Wildman–Crippen MR) is 143 cm³/mol. The average molecular weight is 561 g/mol. The quantitative estimate of drug-likeness (QED) is 0.440. The van der Waals surface area contributed by atoms with E-state index in [1.54, 1.807) is 70.2 Å². The minimum absolute atomic E-state index is 0.0637. The number of alkyl carbamates (subject to hydrolysis) is 1. The number of benzene rings is 2. The van der Waals surface area contributed by atoms with E-state index < -0.39 is 57.6 Å². The lowest BCUT2D eigenvalue weighted by atomic mass is 9.80. The molecule has 1 fully saturated rings. The van der Waals surface area contributed by atoms with Gasteiger partial charge in [0.1, 0.15) is 11.6 Å². The molecule has 0 aromatic heterocycles. The second kappa shape index (κ2) is 12.2. The fraction of sp³-hybridized carbons (Fsp3) is 0.464. The first-order valence-corrected chi connectivity index (χ1v) is 14.2. The number of hydrogen-bond acceptors (Lipinski definition) is 7. The van der Waals surface area contributed by atoms with E-state index in [9.17, 15) is 27.9 Å². The molecule has 3 rings (SSSR count). The Balaban J connectivity index is 2.13. The van der Waals surface area contributed by atoms with Gasteiger partial charge in [0.2, 0.25) is 10.0 Å². The molecule has 1 aliphatic heterocycles. The summed E-state index contributed by atoms with van der Waals surface area (Å²) in [6.45, 7) is 8.39. The lowest BCUT2D eigenvalue weighted by molar-refractivity contribution is -0.146. The van der Waals surface area contributed by atoms with E-state index in [4.69, 9.17) is 9.47 Å². The second-order valence-corrected chi connectivity index (χ2v) is 12.4. The fourth-order valence-corrected chi connectivity index (χ4v) is 6.53. The van der Waals surface area contributed by atoms with Crippen molar-refractivity contribution in [1.29, 1.82) is 0 Å². The lowest BCUT2D eigenvalue weighted by Crippen LogP contribution is -2.44. The smallest absolute Gasteiger partial charge is 0.408 e. The highest BCUT2D eigenvalue weighted by Crippen LogP contribution is 2.43. The number of sulfonamides is 1. The second-order valence-electron chi connectivity index (χ2n) is 10.5. The SMILES string of the molecule is CCOC(=O)C[C@@H]1[C@@H]([C@@H](NC(=O)OC(C)(C)C)c2ccccc2)CN(S(=O)(=O)c2ccc(C)cc2)[C@@H]1C(=O)O. The zero-order valence-corrected chi connectivity index (χ0v) is 23.6. The van der Waals surface area contributed by atoms with Gasteiger partial charge in [-0.25, -0.2) is 13.2 Å². The number of amides is 1. The number of esters is 1. The number of carbonyl (C=O) groups is 3. The van der Waals surface area contributed by atoms with Gasteiger partial charge in [0, 0.05) is 18.4 Å². The van der Waals surface area contributed by atoms with Crippen molar-refractivity contribution in [3.8, 4) is 0 Å². The molecule has 2 aromatic carbocycles. The molecule has 0 unspecified atom stereocenters. The van der Waals surface area contributed by atoms with Crippen LogP contribution in [0, 0.1) is 18.8 Å². The number of rotatable bonds is 9. The highest BCUT2D eigenvalue weighted by Gasteiger charge is 2.54. The molecule has 11 heteroatoms. The Kier molecular flexibility index (Phi) is 9.39. The van der Waals surface area contributed by atoms with Gasteiger partial charge < -0.3 is 19.9 Å². The van der Waals surface area contributed by atoms with E-state index in [1.807, 2.05) is 6.92 Å². The Morgan fingerprint density at radius 3 is 2.23 bits per heavy atom. The highest BCUT2D eigenvalue weighted by molar-refractivity contribution is 7.89. The average Bonchev–Trinajstić information content (AvgIpc) is 3.22. The zero-order chi connectivity index (χ0) is 29.0. The maximum atomic E-state index is 13.8. The molecule has 1 saturated heterocycles. The van der Waals surface area contributed by atoms with Crippen molar-refractivity contribution in [3.05, 3.63) is 65.7 Å². The summed E-state index contributed by atoms with van der Waals surface area (Å²) in [6, 6.07) is 12.5. The van der Waals surface area contributed by atoms with E-state index in [1.165, 1.54) is 12.1 Å². The molecule has 2 N–H and O–H groups in total. The van der Waals surface area contributed by atoms with Crippen LogP contribution in [-0.2, 0) is 29.1 Å². The van der Waals surface area contributed by atoms with Gasteiger partial charge in [-0.3, -0.25) is 9.59 Å². The Morgan fingerprint density at radius 2 is 1.69 bits per heavy atom. The fourth-order valence-electron chi connectivity index (χ4n) is 4.86. The molecule has 10 nitrogen and oxygen atoms in total. The number of carboxylic acids is 1. The Hall–Kier alpha value is -3.44. The summed E-state index contributed by atoms with van der Waals surface area (Å²) in [5, 5.41) is 13.1. The summed E-state index contributed by atoms with van der Waals surface area (Å²) in [5.74, 6) is -3.86. The van der Waals surface area contributed by atoms with Crippen molar-refractivity contribution in [1.82, 2.24) is 9.62 Å². The van der Waals surface area contributed by atoms with Crippen LogP contribution >= 0.6 is 0 Å². The Bertz CT molecular complexity index is 1270. The molecule has 1 amide bonds. The van der Waals surface area contributed by atoms with Crippen LogP contribution in [0.5, 0.6) is 0 Å². The maximum absolute atomic E-state index is 13.8. The third kappa shape index (κ3) is 7.36. The van der Waals surface area contributed by atoms with Crippen molar-refractivity contribution >= 4 is 28.1 Å². The summed E-state index contributed by atoms with van der Waals surface area (Å²) in [4.78, 5) is 38.1. The van der Waals surface area contributed by atoms with Crippen LogP contribution in [0.3, 0.4) is 0 Å². The van der Waals surface area contributed by atoms with E-state index in [2.05, 4.69) is 5.32 Å². The van der Waals surface area contributed by atoms with Crippen LogP contribution in [0.1, 0.15) is 51.3 Å². The van der Waals surface area contributed by atoms with Crippen LogP contribution < -0.4 is 5.32 Å². The molecule has 212 valence electrons. The molecule has 1 heterocycles. The predicted octanol–water partition coefficient (Wildman–Crippen LogP) is 3.90. The summed E-state index contributed by atoms with van der Waals surface area (Å²) < 4.78 is 39.0. The van der Waals surface area contributed by atoms with Crippen molar-refractivity contribution in [2.24, 2.45) is 11.8 Å². The molecular weight excluding hydrogens is 524 g/mol. The molecule has 1 aliphatic rings. The van der Waals surface area contributed by atoms with E-state index in [0.29, 0.717) is 5.56 Å². The molecular formula is C28H36N2O8S. The molecule has 2 aromatic rings. The first-order valence-electron chi connectivity index (χ1n) is 12.8. The number of ether oxygens (including phenoxy) is 2. The largest absolute Gasteiger partial charge is 0.480 e. The number of nitrogens with zero attached hydrogens (tertiary/aromatic N) is 1. The Morgan fingerprint density at radius 1 is 1.08 bits per heavy atom. The van der Waals surface area contributed by atoms with Crippen LogP contribution in [0.2, 0.25) is 0 Å². The van der Waals surface area contributed by atoms with Gasteiger partial charge in [-0.15, -0.1) is 0 Å². The van der Waals surface area contributed by atoms with Gasteiger partial charge in [-0.05, 0) is 52.3 Å². The maximum Gasteiger partial charge on any atom is 0.408 e. The molecule has 39 heavy (non-hydrogen) atoms. The lowest BCUT2D eigenvalue weighted by Gasteiger charge is -2.31. The highest BCUT2D eigenvalue weighted by atomic mass is 32.2. The number of carboxylic acid groups (broad SMARTS) is 1. The molecule has 0 bridgehead atoms. The van der Waals surface area contributed by atoms with Gasteiger partial charge in [0.15, 0.2) is 0 Å². The topological polar surface area (TPSA) is 139 Å². The van der Waals surface area contributed by atoms with Crippen LogP contribution in [0.25, 0.3) is 0 Å². The molecule has 0 radical (unpaired) electrons. The number of aryl methyl sites for hydroxylation is 1. The monoisotopic (exact) mass is 560 g/mol.